The molecule has 0 aliphatic heterocycles. The fourth-order valence-electron chi connectivity index (χ4n) is 3.82. The van der Waals surface area contributed by atoms with Crippen LogP contribution in [0.5, 0.6) is 11.5 Å². The summed E-state index contributed by atoms with van der Waals surface area (Å²) >= 11 is 8.00. The van der Waals surface area contributed by atoms with Crippen LogP contribution in [0.25, 0.3) is 11.3 Å². The van der Waals surface area contributed by atoms with Crippen LogP contribution in [0.2, 0.25) is 5.02 Å². The van der Waals surface area contributed by atoms with Gasteiger partial charge in [0, 0.05) is 16.9 Å². The number of halogens is 1. The maximum Gasteiger partial charge on any atom is 0.190 e. The van der Waals surface area contributed by atoms with E-state index in [-0.39, 0.29) is 0 Å². The monoisotopic (exact) mass is 492 g/mol. The van der Waals surface area contributed by atoms with Gasteiger partial charge in [-0.25, -0.2) is 4.99 Å². The molecular weight excluding hydrogens is 464 g/mol. The van der Waals surface area contributed by atoms with Gasteiger partial charge in [0.2, 0.25) is 0 Å². The number of aryl methyl sites for hydroxylation is 3. The smallest absolute Gasteiger partial charge is 0.190 e. The lowest BCUT2D eigenvalue weighted by Crippen LogP contribution is -2.17. The van der Waals surface area contributed by atoms with Crippen molar-refractivity contribution in [1.29, 1.82) is 0 Å². The van der Waals surface area contributed by atoms with Crippen LogP contribution in [0.15, 0.2) is 71.0 Å². The molecule has 3 aromatic carbocycles. The van der Waals surface area contributed by atoms with E-state index in [1.54, 1.807) is 25.6 Å². The lowest BCUT2D eigenvalue weighted by Gasteiger charge is -2.12. The molecule has 176 valence electrons. The van der Waals surface area contributed by atoms with E-state index in [0.29, 0.717) is 0 Å². The van der Waals surface area contributed by atoms with E-state index in [1.165, 1.54) is 16.7 Å². The van der Waals surface area contributed by atoms with Crippen LogP contribution >= 0.6 is 22.9 Å². The number of thiazole rings is 1. The van der Waals surface area contributed by atoms with Gasteiger partial charge in [-0.05, 0) is 66.3 Å². The summed E-state index contributed by atoms with van der Waals surface area (Å²) in [6, 6.07) is 20.8. The van der Waals surface area contributed by atoms with Crippen molar-refractivity contribution >= 4 is 28.6 Å². The molecule has 0 bridgehead atoms. The van der Waals surface area contributed by atoms with Gasteiger partial charge in [-0.15, -0.1) is 11.3 Å². The minimum absolute atomic E-state index is 0.727. The van der Waals surface area contributed by atoms with Crippen molar-refractivity contribution in [3.05, 3.63) is 92.6 Å². The van der Waals surface area contributed by atoms with Crippen LogP contribution in [-0.4, -0.2) is 18.8 Å². The van der Waals surface area contributed by atoms with E-state index in [1.807, 2.05) is 37.3 Å². The molecule has 4 aromatic rings. The molecule has 0 saturated heterocycles. The zero-order valence-electron chi connectivity index (χ0n) is 20.0. The fourth-order valence-corrected chi connectivity index (χ4v) is 4.95. The first kappa shape index (κ1) is 24.1. The normalized spacial score (nSPS) is 11.6. The Labute approximate surface area is 210 Å². The van der Waals surface area contributed by atoms with Gasteiger partial charge in [0.25, 0.3) is 0 Å². The molecule has 0 saturated carbocycles. The van der Waals surface area contributed by atoms with E-state index in [2.05, 4.69) is 47.2 Å². The third-order valence-corrected chi connectivity index (χ3v) is 7.18. The average molecular weight is 493 g/mol. The molecule has 0 fully saturated rings. The Kier molecular flexibility index (Phi) is 7.76. The topological polar surface area (TPSA) is 35.8 Å². The predicted molar refractivity (Wildman–Crippen MR) is 142 cm³/mol. The minimum Gasteiger partial charge on any atom is -0.493 e. The third-order valence-electron chi connectivity index (χ3n) is 5.91. The number of methoxy groups -OCH3 is 2. The predicted octanol–water partition coefficient (Wildman–Crippen LogP) is 7.23. The van der Waals surface area contributed by atoms with Gasteiger partial charge in [-0.2, -0.15) is 0 Å². The third kappa shape index (κ3) is 5.37. The lowest BCUT2D eigenvalue weighted by molar-refractivity contribution is 0.354. The summed E-state index contributed by atoms with van der Waals surface area (Å²) in [4.78, 5) is 5.89. The molecular formula is C28H29ClN2O2S. The van der Waals surface area contributed by atoms with Crippen molar-refractivity contribution in [2.24, 2.45) is 4.99 Å². The van der Waals surface area contributed by atoms with E-state index >= 15 is 0 Å². The molecule has 4 nitrogen and oxygen atoms in total. The quantitative estimate of drug-likeness (QED) is 0.260. The molecule has 0 amide bonds. The van der Waals surface area contributed by atoms with Crippen molar-refractivity contribution in [2.45, 2.75) is 33.2 Å². The first-order valence-electron chi connectivity index (χ1n) is 11.3. The highest BCUT2D eigenvalue weighted by Gasteiger charge is 2.11. The van der Waals surface area contributed by atoms with Crippen molar-refractivity contribution < 1.29 is 9.47 Å². The van der Waals surface area contributed by atoms with Crippen LogP contribution < -0.4 is 14.3 Å². The summed E-state index contributed by atoms with van der Waals surface area (Å²) in [7, 11) is 3.32. The van der Waals surface area contributed by atoms with Crippen molar-refractivity contribution in [1.82, 2.24) is 4.57 Å². The summed E-state index contributed by atoms with van der Waals surface area (Å²) < 4.78 is 13.2. The largest absolute Gasteiger partial charge is 0.493 e. The second kappa shape index (κ2) is 10.9. The SMILES string of the molecule is CCc1ccc(-c2csc(=Nc3ccc(C)c(Cl)c3)n2CCc2ccc(OC)c(OC)c2)cc1. The van der Waals surface area contributed by atoms with E-state index in [9.17, 15) is 0 Å². The van der Waals surface area contributed by atoms with Crippen molar-refractivity contribution in [2.75, 3.05) is 14.2 Å². The molecule has 0 atom stereocenters. The van der Waals surface area contributed by atoms with E-state index < -0.39 is 0 Å². The Hall–Kier alpha value is -3.02. The number of hydrogen-bond donors (Lipinski definition) is 0. The maximum atomic E-state index is 6.36. The Morgan fingerprint density at radius 1 is 0.912 bits per heavy atom. The van der Waals surface area contributed by atoms with Gasteiger partial charge in [0.05, 0.1) is 25.6 Å². The number of nitrogens with zero attached hydrogens (tertiary/aromatic N) is 2. The van der Waals surface area contributed by atoms with Crippen LogP contribution in [-0.2, 0) is 19.4 Å². The zero-order valence-corrected chi connectivity index (χ0v) is 21.5. The van der Waals surface area contributed by atoms with Gasteiger partial charge in [-0.1, -0.05) is 54.9 Å². The molecule has 0 unspecified atom stereocenters. The number of ether oxygens (including phenoxy) is 2. The van der Waals surface area contributed by atoms with Crippen molar-refractivity contribution in [3.8, 4) is 22.8 Å². The van der Waals surface area contributed by atoms with Crippen LogP contribution in [0, 0.1) is 6.92 Å². The summed E-state index contributed by atoms with van der Waals surface area (Å²) in [6.45, 7) is 4.95. The van der Waals surface area contributed by atoms with E-state index in [4.69, 9.17) is 26.1 Å². The molecule has 0 aliphatic carbocycles. The van der Waals surface area contributed by atoms with Gasteiger partial charge < -0.3 is 14.0 Å². The first-order chi connectivity index (χ1) is 16.5. The maximum absolute atomic E-state index is 6.36. The van der Waals surface area contributed by atoms with Gasteiger partial charge >= 0.3 is 0 Å². The molecule has 1 aromatic heterocycles. The summed E-state index contributed by atoms with van der Waals surface area (Å²) in [6.07, 6.45) is 1.86. The number of rotatable bonds is 8. The van der Waals surface area contributed by atoms with Crippen molar-refractivity contribution in [3.63, 3.8) is 0 Å². The minimum atomic E-state index is 0.727. The fraction of sp³-hybridized carbons (Fsp3) is 0.250. The van der Waals surface area contributed by atoms with Gasteiger partial charge in [0.1, 0.15) is 0 Å². The first-order valence-corrected chi connectivity index (χ1v) is 12.6. The van der Waals surface area contributed by atoms with Crippen LogP contribution in [0.1, 0.15) is 23.6 Å². The van der Waals surface area contributed by atoms with Crippen LogP contribution in [0.3, 0.4) is 0 Å². The van der Waals surface area contributed by atoms with Gasteiger partial charge in [0.15, 0.2) is 16.3 Å². The Morgan fingerprint density at radius 3 is 2.32 bits per heavy atom. The zero-order chi connectivity index (χ0) is 24.1. The summed E-state index contributed by atoms with van der Waals surface area (Å²) in [5, 5.41) is 2.91. The second-order valence-corrected chi connectivity index (χ2v) is 9.33. The molecule has 4 rings (SSSR count). The highest BCUT2D eigenvalue weighted by atomic mass is 35.5. The van der Waals surface area contributed by atoms with Gasteiger partial charge in [-0.3, -0.25) is 0 Å². The molecule has 0 spiro atoms. The highest BCUT2D eigenvalue weighted by molar-refractivity contribution is 7.07. The summed E-state index contributed by atoms with van der Waals surface area (Å²) in [5.41, 5.74) is 6.74. The molecule has 1 heterocycles. The molecule has 0 radical (unpaired) electrons. The molecule has 0 N–H and O–H groups in total. The second-order valence-electron chi connectivity index (χ2n) is 8.09. The summed E-state index contributed by atoms with van der Waals surface area (Å²) in [5.74, 6) is 1.47. The number of benzene rings is 3. The molecule has 34 heavy (non-hydrogen) atoms. The molecule has 6 heteroatoms. The standard InChI is InChI=1S/C28H29ClN2O2S/c1-5-20-7-10-22(11-8-20)25-18-34-28(30-23-12-6-19(2)24(29)17-23)31(25)15-14-21-9-13-26(32-3)27(16-21)33-4/h6-13,16-18H,5,14-15H2,1-4H3. The Morgan fingerprint density at radius 2 is 1.65 bits per heavy atom. The van der Waals surface area contributed by atoms with Crippen LogP contribution in [0.4, 0.5) is 5.69 Å². The lowest BCUT2D eigenvalue weighted by atomic mass is 10.1. The number of hydrogen-bond acceptors (Lipinski definition) is 4. The Balaban J connectivity index is 1.73. The van der Waals surface area contributed by atoms with E-state index in [0.717, 1.165) is 57.7 Å². The molecule has 0 aliphatic rings. The highest BCUT2D eigenvalue weighted by Crippen LogP contribution is 2.29. The average Bonchev–Trinajstić information content (AvgIpc) is 3.26. The Bertz CT molecular complexity index is 1340. The number of aromatic nitrogens is 1.